The fourth-order valence-electron chi connectivity index (χ4n) is 2.98. The molecule has 0 aromatic carbocycles. The highest BCUT2D eigenvalue weighted by atomic mass is 16.5. The van der Waals surface area contributed by atoms with E-state index in [0.717, 1.165) is 34.8 Å². The van der Waals surface area contributed by atoms with Gasteiger partial charge in [-0.1, -0.05) is 6.92 Å². The standard InChI is InChI=1S/C18H24N2O2/c1-7-14-10(3)15(19-12(14)5)9-16-11(4)17(13(6)20-16)18(21)22-8-2/h9,20H,7-8H2,1-6H3. The second kappa shape index (κ2) is 6.34. The molecule has 0 amide bonds. The van der Waals surface area contributed by atoms with Crippen LogP contribution in [-0.4, -0.2) is 23.3 Å². The molecule has 0 unspecified atom stereocenters. The van der Waals surface area contributed by atoms with Crippen molar-refractivity contribution in [3.05, 3.63) is 39.4 Å². The lowest BCUT2D eigenvalue weighted by Gasteiger charge is -2.02. The Morgan fingerprint density at radius 2 is 1.91 bits per heavy atom. The summed E-state index contributed by atoms with van der Waals surface area (Å²) < 4.78 is 5.13. The Labute approximate surface area is 132 Å². The summed E-state index contributed by atoms with van der Waals surface area (Å²) in [7, 11) is 0. The minimum atomic E-state index is -0.272. The number of carbonyl (C=O) groups excluding carboxylic acids is 1. The number of esters is 1. The lowest BCUT2D eigenvalue weighted by molar-refractivity contribution is 0.0525. The zero-order chi connectivity index (χ0) is 16.4. The van der Waals surface area contributed by atoms with Gasteiger partial charge in [0.1, 0.15) is 0 Å². The fourth-order valence-corrected chi connectivity index (χ4v) is 2.98. The molecule has 4 nitrogen and oxygen atoms in total. The van der Waals surface area contributed by atoms with Gasteiger partial charge in [0.2, 0.25) is 0 Å². The molecule has 22 heavy (non-hydrogen) atoms. The van der Waals surface area contributed by atoms with E-state index in [1.807, 2.05) is 33.8 Å². The van der Waals surface area contributed by atoms with Crippen LogP contribution in [0.3, 0.4) is 0 Å². The van der Waals surface area contributed by atoms with Crippen molar-refractivity contribution >= 4 is 17.8 Å². The Morgan fingerprint density at radius 3 is 2.45 bits per heavy atom. The number of hydrogen-bond donors (Lipinski definition) is 1. The minimum absolute atomic E-state index is 0.272. The molecule has 1 aliphatic heterocycles. The van der Waals surface area contributed by atoms with Gasteiger partial charge < -0.3 is 9.72 Å². The number of aryl methyl sites for hydroxylation is 1. The third-order valence-corrected chi connectivity index (χ3v) is 4.15. The first-order valence-electron chi connectivity index (χ1n) is 7.74. The van der Waals surface area contributed by atoms with Crippen LogP contribution in [0.25, 0.3) is 6.08 Å². The summed E-state index contributed by atoms with van der Waals surface area (Å²) in [4.78, 5) is 20.0. The van der Waals surface area contributed by atoms with Crippen LogP contribution in [-0.2, 0) is 4.74 Å². The molecule has 0 atom stereocenters. The Bertz CT molecular complexity index is 703. The van der Waals surface area contributed by atoms with Crippen LogP contribution in [0.15, 0.2) is 21.8 Å². The van der Waals surface area contributed by atoms with Crippen LogP contribution in [0.1, 0.15) is 61.4 Å². The van der Waals surface area contributed by atoms with Crippen LogP contribution >= 0.6 is 0 Å². The highest BCUT2D eigenvalue weighted by Crippen LogP contribution is 2.30. The van der Waals surface area contributed by atoms with E-state index in [4.69, 9.17) is 4.74 Å². The van der Waals surface area contributed by atoms with E-state index in [-0.39, 0.29) is 5.97 Å². The number of rotatable bonds is 4. The number of hydrogen-bond acceptors (Lipinski definition) is 3. The van der Waals surface area contributed by atoms with Gasteiger partial charge in [-0.2, -0.15) is 0 Å². The Hall–Kier alpha value is -2.10. The molecular weight excluding hydrogens is 276 g/mol. The predicted molar refractivity (Wildman–Crippen MR) is 90.3 cm³/mol. The number of nitrogens with zero attached hydrogens (tertiary/aromatic N) is 1. The molecule has 2 heterocycles. The van der Waals surface area contributed by atoms with Crippen molar-refractivity contribution in [3.63, 3.8) is 0 Å². The zero-order valence-corrected chi connectivity index (χ0v) is 14.3. The van der Waals surface area contributed by atoms with E-state index in [9.17, 15) is 4.79 Å². The molecule has 2 rings (SSSR count). The first-order valence-corrected chi connectivity index (χ1v) is 7.74. The van der Waals surface area contributed by atoms with E-state index >= 15 is 0 Å². The summed E-state index contributed by atoms with van der Waals surface area (Å²) in [5.41, 5.74) is 7.86. The van der Waals surface area contributed by atoms with Gasteiger partial charge in [0, 0.05) is 17.1 Å². The maximum absolute atomic E-state index is 12.1. The molecule has 0 bridgehead atoms. The van der Waals surface area contributed by atoms with Gasteiger partial charge in [0.05, 0.1) is 17.9 Å². The van der Waals surface area contributed by atoms with E-state index in [0.29, 0.717) is 12.2 Å². The molecule has 0 aliphatic carbocycles. The van der Waals surface area contributed by atoms with E-state index in [2.05, 4.69) is 23.8 Å². The van der Waals surface area contributed by atoms with E-state index < -0.39 is 0 Å². The Balaban J connectivity index is 2.45. The van der Waals surface area contributed by atoms with Crippen molar-refractivity contribution in [2.24, 2.45) is 4.99 Å². The summed E-state index contributed by atoms with van der Waals surface area (Å²) in [6, 6.07) is 0. The minimum Gasteiger partial charge on any atom is -0.462 e. The number of H-pyrrole nitrogens is 1. The molecule has 0 spiro atoms. The van der Waals surface area contributed by atoms with Gasteiger partial charge in [-0.15, -0.1) is 0 Å². The van der Waals surface area contributed by atoms with Crippen molar-refractivity contribution in [1.82, 2.24) is 4.98 Å². The van der Waals surface area contributed by atoms with Crippen LogP contribution in [0.4, 0.5) is 0 Å². The molecule has 0 fully saturated rings. The first kappa shape index (κ1) is 16.3. The van der Waals surface area contributed by atoms with Gasteiger partial charge in [0.15, 0.2) is 0 Å². The average Bonchev–Trinajstić information content (AvgIpc) is 2.87. The maximum Gasteiger partial charge on any atom is 0.340 e. The second-order valence-electron chi connectivity index (χ2n) is 5.57. The molecule has 4 heteroatoms. The first-order chi connectivity index (χ1) is 10.4. The van der Waals surface area contributed by atoms with E-state index in [1.54, 1.807) is 0 Å². The smallest absolute Gasteiger partial charge is 0.340 e. The number of allylic oxidation sites excluding steroid dienone is 2. The summed E-state index contributed by atoms with van der Waals surface area (Å²) in [5, 5.41) is 0. The van der Waals surface area contributed by atoms with Crippen LogP contribution in [0.2, 0.25) is 0 Å². The van der Waals surface area contributed by atoms with Crippen molar-refractivity contribution in [1.29, 1.82) is 0 Å². The molecule has 0 radical (unpaired) electrons. The molecule has 0 saturated heterocycles. The zero-order valence-electron chi connectivity index (χ0n) is 14.3. The molecule has 0 saturated carbocycles. The number of ether oxygens (including phenoxy) is 1. The van der Waals surface area contributed by atoms with Gasteiger partial charge in [-0.3, -0.25) is 4.99 Å². The van der Waals surface area contributed by atoms with Crippen molar-refractivity contribution in [2.75, 3.05) is 6.61 Å². The van der Waals surface area contributed by atoms with Crippen molar-refractivity contribution < 1.29 is 9.53 Å². The molecule has 1 aromatic rings. The predicted octanol–water partition coefficient (Wildman–Crippen LogP) is 4.35. The van der Waals surface area contributed by atoms with Gasteiger partial charge in [-0.25, -0.2) is 4.79 Å². The molecule has 118 valence electrons. The van der Waals surface area contributed by atoms with Gasteiger partial charge in [-0.05, 0) is 63.8 Å². The molecule has 1 N–H and O–H groups in total. The molecule has 1 aromatic heterocycles. The fraction of sp³-hybridized carbons (Fsp3) is 0.444. The quantitative estimate of drug-likeness (QED) is 0.840. The summed E-state index contributed by atoms with van der Waals surface area (Å²) in [6.07, 6.45) is 3.00. The van der Waals surface area contributed by atoms with Crippen LogP contribution in [0.5, 0.6) is 0 Å². The Kier molecular flexibility index (Phi) is 4.69. The number of carbonyl (C=O) groups is 1. The van der Waals surface area contributed by atoms with Crippen molar-refractivity contribution in [3.8, 4) is 0 Å². The highest BCUT2D eigenvalue weighted by Gasteiger charge is 2.20. The number of nitrogens with one attached hydrogen (secondary N) is 1. The number of aliphatic imine (C=N–C) groups is 1. The molecular formula is C18H24N2O2. The van der Waals surface area contributed by atoms with Gasteiger partial charge >= 0.3 is 5.97 Å². The maximum atomic E-state index is 12.1. The monoisotopic (exact) mass is 300 g/mol. The third-order valence-electron chi connectivity index (χ3n) is 4.15. The lowest BCUT2D eigenvalue weighted by atomic mass is 10.0. The molecule has 1 aliphatic rings. The number of aromatic amines is 1. The largest absolute Gasteiger partial charge is 0.462 e. The normalized spacial score (nSPS) is 16.5. The van der Waals surface area contributed by atoms with Crippen molar-refractivity contribution in [2.45, 2.75) is 48.0 Å². The third kappa shape index (κ3) is 2.78. The highest BCUT2D eigenvalue weighted by molar-refractivity contribution is 6.03. The van der Waals surface area contributed by atoms with Gasteiger partial charge in [0.25, 0.3) is 0 Å². The van der Waals surface area contributed by atoms with E-state index in [1.165, 1.54) is 11.1 Å². The SMILES string of the molecule is CCOC(=O)c1c(C)[nH]c(C=C2N=C(C)C(CC)=C2C)c1C. The summed E-state index contributed by atoms with van der Waals surface area (Å²) in [6.45, 7) is 12.3. The summed E-state index contributed by atoms with van der Waals surface area (Å²) >= 11 is 0. The second-order valence-corrected chi connectivity index (χ2v) is 5.57. The average molecular weight is 300 g/mol. The summed E-state index contributed by atoms with van der Waals surface area (Å²) in [5.74, 6) is -0.272. The Morgan fingerprint density at radius 1 is 1.23 bits per heavy atom. The number of aromatic nitrogens is 1. The van der Waals surface area contributed by atoms with Crippen LogP contribution in [0, 0.1) is 13.8 Å². The van der Waals surface area contributed by atoms with Crippen LogP contribution < -0.4 is 0 Å². The lowest BCUT2D eigenvalue weighted by Crippen LogP contribution is -2.06. The topological polar surface area (TPSA) is 54.5 Å².